The third-order valence-corrected chi connectivity index (χ3v) is 3.96. The van der Waals surface area contributed by atoms with E-state index in [1.807, 2.05) is 49.4 Å². The van der Waals surface area contributed by atoms with Crippen LogP contribution < -0.4 is 5.32 Å². The number of amides is 1. The molecule has 0 aliphatic heterocycles. The van der Waals surface area contributed by atoms with E-state index in [9.17, 15) is 4.79 Å². The summed E-state index contributed by atoms with van der Waals surface area (Å²) in [5.74, 6) is 1.79. The Morgan fingerprint density at radius 1 is 1.20 bits per heavy atom. The van der Waals surface area contributed by atoms with Gasteiger partial charge in [0.2, 0.25) is 0 Å². The molecular formula is C20H23N3O2. The molecule has 3 rings (SSSR count). The first-order valence-electron chi connectivity index (χ1n) is 8.54. The maximum absolute atomic E-state index is 12.7. The van der Waals surface area contributed by atoms with Crippen molar-refractivity contribution in [2.24, 2.45) is 5.92 Å². The standard InChI is InChI=1S/C20H23N3O2/c1-14(2)11-12-21-20(24)17-13-23(16-7-5-4-6-8-16)22-19(17)18-10-9-15(3)25-18/h4-10,13-14H,11-12H2,1-3H3,(H,21,24). The van der Waals surface area contributed by atoms with Crippen LogP contribution in [0.25, 0.3) is 17.1 Å². The van der Waals surface area contributed by atoms with Crippen molar-refractivity contribution in [3.63, 3.8) is 0 Å². The number of hydrogen-bond donors (Lipinski definition) is 1. The summed E-state index contributed by atoms with van der Waals surface area (Å²) in [5.41, 5.74) is 1.97. The molecule has 0 aliphatic carbocycles. The Morgan fingerprint density at radius 3 is 2.60 bits per heavy atom. The highest BCUT2D eigenvalue weighted by Crippen LogP contribution is 2.25. The summed E-state index contributed by atoms with van der Waals surface area (Å²) in [4.78, 5) is 12.7. The van der Waals surface area contributed by atoms with Crippen LogP contribution in [0.1, 0.15) is 36.4 Å². The summed E-state index contributed by atoms with van der Waals surface area (Å²) >= 11 is 0. The number of nitrogens with zero attached hydrogens (tertiary/aromatic N) is 2. The lowest BCUT2D eigenvalue weighted by Gasteiger charge is -2.06. The van der Waals surface area contributed by atoms with Gasteiger partial charge in [0.05, 0.1) is 11.3 Å². The lowest BCUT2D eigenvalue weighted by atomic mass is 10.1. The first-order chi connectivity index (χ1) is 12.0. The van der Waals surface area contributed by atoms with Gasteiger partial charge in [-0.3, -0.25) is 4.79 Å². The van der Waals surface area contributed by atoms with Gasteiger partial charge in [-0.15, -0.1) is 0 Å². The highest BCUT2D eigenvalue weighted by Gasteiger charge is 2.20. The van der Waals surface area contributed by atoms with E-state index in [4.69, 9.17) is 4.42 Å². The summed E-state index contributed by atoms with van der Waals surface area (Å²) < 4.78 is 7.41. The maximum Gasteiger partial charge on any atom is 0.255 e. The Labute approximate surface area is 147 Å². The zero-order valence-corrected chi connectivity index (χ0v) is 14.8. The molecular weight excluding hydrogens is 314 g/mol. The van der Waals surface area contributed by atoms with E-state index in [2.05, 4.69) is 24.3 Å². The number of aromatic nitrogens is 2. The van der Waals surface area contributed by atoms with Gasteiger partial charge < -0.3 is 9.73 Å². The van der Waals surface area contributed by atoms with Crippen molar-refractivity contribution in [2.45, 2.75) is 27.2 Å². The van der Waals surface area contributed by atoms with Gasteiger partial charge in [0, 0.05) is 12.7 Å². The number of nitrogens with one attached hydrogen (secondary N) is 1. The molecule has 0 unspecified atom stereocenters. The van der Waals surface area contributed by atoms with Crippen LogP contribution in [0, 0.1) is 12.8 Å². The van der Waals surface area contributed by atoms with Crippen molar-refractivity contribution in [3.8, 4) is 17.1 Å². The van der Waals surface area contributed by atoms with Crippen LogP contribution in [-0.4, -0.2) is 22.2 Å². The molecule has 1 aromatic carbocycles. The molecule has 25 heavy (non-hydrogen) atoms. The average Bonchev–Trinajstić information content (AvgIpc) is 3.21. The van der Waals surface area contributed by atoms with Crippen LogP contribution in [-0.2, 0) is 0 Å². The molecule has 0 atom stereocenters. The predicted octanol–water partition coefficient (Wildman–Crippen LogP) is 4.22. The number of benzene rings is 1. The van der Waals surface area contributed by atoms with Crippen LogP contribution in [0.15, 0.2) is 53.1 Å². The molecule has 0 radical (unpaired) electrons. The summed E-state index contributed by atoms with van der Waals surface area (Å²) in [6, 6.07) is 13.4. The monoisotopic (exact) mass is 337 g/mol. The van der Waals surface area contributed by atoms with Crippen molar-refractivity contribution in [3.05, 3.63) is 60.0 Å². The Morgan fingerprint density at radius 2 is 1.96 bits per heavy atom. The normalized spacial score (nSPS) is 11.0. The van der Waals surface area contributed by atoms with Crippen molar-refractivity contribution in [1.29, 1.82) is 0 Å². The van der Waals surface area contributed by atoms with E-state index in [0.717, 1.165) is 17.9 Å². The summed E-state index contributed by atoms with van der Waals surface area (Å²) in [6.07, 6.45) is 2.70. The fourth-order valence-corrected chi connectivity index (χ4v) is 2.57. The molecule has 5 nitrogen and oxygen atoms in total. The van der Waals surface area contributed by atoms with Crippen molar-refractivity contribution >= 4 is 5.91 Å². The molecule has 2 heterocycles. The van der Waals surface area contributed by atoms with Crippen LogP contribution in [0.3, 0.4) is 0 Å². The zero-order chi connectivity index (χ0) is 17.8. The topological polar surface area (TPSA) is 60.1 Å². The summed E-state index contributed by atoms with van der Waals surface area (Å²) in [7, 11) is 0. The fraction of sp³-hybridized carbons (Fsp3) is 0.300. The Balaban J connectivity index is 1.94. The molecule has 1 amide bonds. The van der Waals surface area contributed by atoms with Crippen LogP contribution in [0.2, 0.25) is 0 Å². The second-order valence-electron chi connectivity index (χ2n) is 6.52. The van der Waals surface area contributed by atoms with Gasteiger partial charge in [-0.25, -0.2) is 4.68 Å². The zero-order valence-electron chi connectivity index (χ0n) is 14.8. The van der Waals surface area contributed by atoms with Gasteiger partial charge in [-0.2, -0.15) is 5.10 Å². The first kappa shape index (κ1) is 17.0. The highest BCUT2D eigenvalue weighted by atomic mass is 16.3. The number of carbonyl (C=O) groups is 1. The molecule has 0 fully saturated rings. The second kappa shape index (κ2) is 7.38. The maximum atomic E-state index is 12.7. The molecule has 0 saturated heterocycles. The largest absolute Gasteiger partial charge is 0.460 e. The number of aryl methyl sites for hydroxylation is 1. The van der Waals surface area contributed by atoms with Crippen LogP contribution in [0.5, 0.6) is 0 Å². The van der Waals surface area contributed by atoms with Gasteiger partial charge in [-0.05, 0) is 43.5 Å². The van der Waals surface area contributed by atoms with E-state index in [-0.39, 0.29) is 5.91 Å². The van der Waals surface area contributed by atoms with Crippen molar-refractivity contribution in [1.82, 2.24) is 15.1 Å². The molecule has 5 heteroatoms. The summed E-state index contributed by atoms with van der Waals surface area (Å²) in [5, 5.41) is 7.57. The number of para-hydroxylation sites is 1. The Kier molecular flexibility index (Phi) is 5.03. The third-order valence-electron chi connectivity index (χ3n) is 3.96. The molecule has 0 saturated carbocycles. The Bertz CT molecular complexity index is 847. The van der Waals surface area contributed by atoms with Crippen molar-refractivity contribution in [2.75, 3.05) is 6.54 Å². The molecule has 2 aromatic heterocycles. The smallest absolute Gasteiger partial charge is 0.255 e. The molecule has 130 valence electrons. The first-order valence-corrected chi connectivity index (χ1v) is 8.54. The quantitative estimate of drug-likeness (QED) is 0.733. The van der Waals surface area contributed by atoms with Crippen LogP contribution in [0.4, 0.5) is 0 Å². The SMILES string of the molecule is Cc1ccc(-c2nn(-c3ccccc3)cc2C(=O)NCCC(C)C)o1. The van der Waals surface area contributed by atoms with Gasteiger partial charge in [-0.1, -0.05) is 32.0 Å². The third kappa shape index (κ3) is 3.99. The van der Waals surface area contributed by atoms with Gasteiger partial charge in [0.25, 0.3) is 5.91 Å². The van der Waals surface area contributed by atoms with E-state index < -0.39 is 0 Å². The molecule has 0 aliphatic rings. The van der Waals surface area contributed by atoms with E-state index in [1.54, 1.807) is 10.9 Å². The lowest BCUT2D eigenvalue weighted by molar-refractivity contribution is 0.0952. The second-order valence-corrected chi connectivity index (χ2v) is 6.52. The Hall–Kier alpha value is -2.82. The van der Waals surface area contributed by atoms with E-state index >= 15 is 0 Å². The average molecular weight is 337 g/mol. The van der Waals surface area contributed by atoms with Gasteiger partial charge in [0.15, 0.2) is 5.76 Å². The van der Waals surface area contributed by atoms with Crippen molar-refractivity contribution < 1.29 is 9.21 Å². The number of carbonyl (C=O) groups excluding carboxylic acids is 1. The van der Waals surface area contributed by atoms with E-state index in [0.29, 0.717) is 29.5 Å². The molecule has 0 spiro atoms. The molecule has 3 aromatic rings. The molecule has 1 N–H and O–H groups in total. The highest BCUT2D eigenvalue weighted by molar-refractivity contribution is 5.99. The predicted molar refractivity (Wildman–Crippen MR) is 97.8 cm³/mol. The fourth-order valence-electron chi connectivity index (χ4n) is 2.57. The van der Waals surface area contributed by atoms with E-state index in [1.165, 1.54) is 0 Å². The minimum atomic E-state index is -0.133. The van der Waals surface area contributed by atoms with Gasteiger partial charge in [0.1, 0.15) is 11.5 Å². The number of rotatable bonds is 6. The number of hydrogen-bond acceptors (Lipinski definition) is 3. The lowest BCUT2D eigenvalue weighted by Crippen LogP contribution is -2.25. The minimum absolute atomic E-state index is 0.133. The molecule has 0 bridgehead atoms. The van der Waals surface area contributed by atoms with Crippen LogP contribution >= 0.6 is 0 Å². The van der Waals surface area contributed by atoms with Gasteiger partial charge >= 0.3 is 0 Å². The number of furan rings is 1. The summed E-state index contributed by atoms with van der Waals surface area (Å²) in [6.45, 7) is 6.79. The minimum Gasteiger partial charge on any atom is -0.460 e.